The summed E-state index contributed by atoms with van der Waals surface area (Å²) in [6.45, 7) is 0.821. The van der Waals surface area contributed by atoms with Crippen LogP contribution in [0.5, 0.6) is 0 Å². The summed E-state index contributed by atoms with van der Waals surface area (Å²) in [7, 11) is 1.83. The van der Waals surface area contributed by atoms with E-state index in [9.17, 15) is 22.8 Å². The van der Waals surface area contributed by atoms with Crippen LogP contribution in [0.1, 0.15) is 21.5 Å². The number of carboxylic acid groups (broad SMARTS) is 1. The molecule has 0 spiro atoms. The number of rotatable bonds is 8. The van der Waals surface area contributed by atoms with Gasteiger partial charge in [0.2, 0.25) is 5.95 Å². The van der Waals surface area contributed by atoms with Gasteiger partial charge in [-0.3, -0.25) is 9.59 Å². The number of benzene rings is 3. The standard InChI is InChI=1S/C29H25ClN6O2.C2HF3O2/c1-31-26-23-8-2-3-10-25(23)34-29(35-26)32-17-19-11-13-22(14-12-19)33-27(37)24-9-5-15-36(28(24)38)18-20-6-4-7-21(30)16-20;3-2(4,5)1(6)7/h2-16H,17-18H2,1H3,(H,33,37)(H2,31,32,34,35);(H,6,7). The van der Waals surface area contributed by atoms with Crippen LogP contribution < -0.4 is 21.5 Å². The number of para-hydroxylation sites is 1. The average Bonchev–Trinajstić information content (AvgIpc) is 3.01. The second kappa shape index (κ2) is 14.4. The number of alkyl halides is 3. The predicted molar refractivity (Wildman–Crippen MR) is 166 cm³/mol. The number of carbonyl (C=O) groups is 2. The number of halogens is 4. The second-order valence-electron chi connectivity index (χ2n) is 9.46. The van der Waals surface area contributed by atoms with Crippen LogP contribution in [0.15, 0.2) is 95.9 Å². The fraction of sp³-hybridized carbons (Fsp3) is 0.129. The molecule has 0 aliphatic rings. The van der Waals surface area contributed by atoms with Gasteiger partial charge in [0.25, 0.3) is 11.5 Å². The third-order valence-electron chi connectivity index (χ3n) is 6.25. The van der Waals surface area contributed by atoms with Gasteiger partial charge >= 0.3 is 12.1 Å². The van der Waals surface area contributed by atoms with E-state index in [1.807, 2.05) is 55.6 Å². The van der Waals surface area contributed by atoms with Crippen molar-refractivity contribution in [3.63, 3.8) is 0 Å². The van der Waals surface area contributed by atoms with Crippen LogP contribution in [-0.2, 0) is 17.9 Å². The van der Waals surface area contributed by atoms with Crippen molar-refractivity contribution in [1.29, 1.82) is 0 Å². The highest BCUT2D eigenvalue weighted by atomic mass is 35.5. The average molecular weight is 639 g/mol. The number of fused-ring (bicyclic) bond motifs is 1. The number of carbonyl (C=O) groups excluding carboxylic acids is 1. The van der Waals surface area contributed by atoms with E-state index in [0.29, 0.717) is 29.7 Å². The van der Waals surface area contributed by atoms with E-state index < -0.39 is 18.1 Å². The van der Waals surface area contributed by atoms with Gasteiger partial charge in [0, 0.05) is 35.9 Å². The Bertz CT molecular complexity index is 1880. The van der Waals surface area contributed by atoms with Gasteiger partial charge < -0.3 is 25.6 Å². The van der Waals surface area contributed by atoms with Crippen molar-refractivity contribution in [2.45, 2.75) is 19.3 Å². The maximum atomic E-state index is 12.9. The molecule has 45 heavy (non-hydrogen) atoms. The lowest BCUT2D eigenvalue weighted by Gasteiger charge is -2.11. The molecule has 2 aromatic heterocycles. The molecule has 232 valence electrons. The van der Waals surface area contributed by atoms with Crippen molar-refractivity contribution in [2.75, 3.05) is 23.0 Å². The molecule has 5 aromatic rings. The Morgan fingerprint density at radius 3 is 2.31 bits per heavy atom. The summed E-state index contributed by atoms with van der Waals surface area (Å²) in [5.74, 6) is -1.95. The summed E-state index contributed by atoms with van der Waals surface area (Å²) in [4.78, 5) is 43.8. The lowest BCUT2D eigenvalue weighted by Crippen LogP contribution is -2.29. The fourth-order valence-corrected chi connectivity index (χ4v) is 4.31. The number of aromatic nitrogens is 3. The maximum Gasteiger partial charge on any atom is 0.490 e. The van der Waals surface area contributed by atoms with Gasteiger partial charge in [0.1, 0.15) is 11.4 Å². The number of hydrogen-bond donors (Lipinski definition) is 4. The molecule has 0 fully saturated rings. The summed E-state index contributed by atoms with van der Waals surface area (Å²) < 4.78 is 33.2. The molecule has 10 nitrogen and oxygen atoms in total. The minimum atomic E-state index is -5.08. The van der Waals surface area contributed by atoms with Crippen molar-refractivity contribution in [2.24, 2.45) is 0 Å². The molecule has 2 heterocycles. The zero-order valence-electron chi connectivity index (χ0n) is 23.6. The van der Waals surface area contributed by atoms with Crippen LogP contribution in [0.4, 0.5) is 30.6 Å². The number of nitrogens with one attached hydrogen (secondary N) is 3. The van der Waals surface area contributed by atoms with Crippen LogP contribution in [0.3, 0.4) is 0 Å². The Hall–Kier alpha value is -5.43. The lowest BCUT2D eigenvalue weighted by atomic mass is 10.2. The molecular weight excluding hydrogens is 613 g/mol. The van der Waals surface area contributed by atoms with Crippen molar-refractivity contribution in [3.05, 3.63) is 123 Å². The third kappa shape index (κ3) is 8.80. The number of nitrogens with zero attached hydrogens (tertiary/aromatic N) is 3. The molecule has 0 aliphatic carbocycles. The SMILES string of the molecule is CNc1nc(NCc2ccc(NC(=O)c3cccn(Cc4cccc(Cl)c4)c3=O)cc2)nc2ccccc12.O=C(O)C(F)(F)F. The summed E-state index contributed by atoms with van der Waals surface area (Å²) >= 11 is 6.05. The first-order valence-corrected chi connectivity index (χ1v) is 13.6. The van der Waals surface area contributed by atoms with E-state index in [1.165, 1.54) is 10.6 Å². The minimum absolute atomic E-state index is 0.0639. The molecule has 0 saturated carbocycles. The largest absolute Gasteiger partial charge is 0.490 e. The van der Waals surface area contributed by atoms with Crippen LogP contribution in [0.25, 0.3) is 10.9 Å². The van der Waals surface area contributed by atoms with Crippen LogP contribution in [0.2, 0.25) is 5.02 Å². The number of amides is 1. The highest BCUT2D eigenvalue weighted by Gasteiger charge is 2.38. The molecule has 1 amide bonds. The van der Waals surface area contributed by atoms with Gasteiger partial charge in [-0.15, -0.1) is 0 Å². The molecule has 14 heteroatoms. The highest BCUT2D eigenvalue weighted by Crippen LogP contribution is 2.22. The van der Waals surface area contributed by atoms with Crippen LogP contribution >= 0.6 is 11.6 Å². The predicted octanol–water partition coefficient (Wildman–Crippen LogP) is 6.03. The number of aliphatic carboxylic acids is 1. The van der Waals surface area contributed by atoms with Gasteiger partial charge in [0.15, 0.2) is 0 Å². The van der Waals surface area contributed by atoms with Gasteiger partial charge in [-0.2, -0.15) is 18.2 Å². The Morgan fingerprint density at radius 2 is 1.64 bits per heavy atom. The quantitative estimate of drug-likeness (QED) is 0.162. The molecule has 0 saturated heterocycles. The van der Waals surface area contributed by atoms with E-state index in [-0.39, 0.29) is 11.1 Å². The summed E-state index contributed by atoms with van der Waals surface area (Å²) in [6, 6.07) is 25.7. The Balaban J connectivity index is 0.000000591. The van der Waals surface area contributed by atoms with Crippen LogP contribution in [-0.4, -0.2) is 44.7 Å². The third-order valence-corrected chi connectivity index (χ3v) is 6.49. The highest BCUT2D eigenvalue weighted by molar-refractivity contribution is 6.30. The number of carboxylic acids is 1. The Labute approximate surface area is 259 Å². The molecule has 0 radical (unpaired) electrons. The molecule has 3 aromatic carbocycles. The number of anilines is 3. The molecule has 0 unspecified atom stereocenters. The number of pyridine rings is 1. The number of hydrogen-bond acceptors (Lipinski definition) is 7. The molecular formula is C31H26ClF3N6O4. The Morgan fingerprint density at radius 1 is 0.933 bits per heavy atom. The van der Waals surface area contributed by atoms with E-state index in [0.717, 1.165) is 27.8 Å². The van der Waals surface area contributed by atoms with Crippen molar-refractivity contribution < 1.29 is 27.9 Å². The first-order chi connectivity index (χ1) is 21.4. The fourth-order valence-electron chi connectivity index (χ4n) is 4.10. The van der Waals surface area contributed by atoms with E-state index >= 15 is 0 Å². The van der Waals surface area contributed by atoms with Crippen molar-refractivity contribution in [1.82, 2.24) is 14.5 Å². The summed E-state index contributed by atoms with van der Waals surface area (Å²) in [5.41, 5.74) is 2.98. The monoisotopic (exact) mass is 638 g/mol. The second-order valence-corrected chi connectivity index (χ2v) is 9.89. The van der Waals surface area contributed by atoms with E-state index in [2.05, 4.69) is 25.9 Å². The topological polar surface area (TPSA) is 138 Å². The first-order valence-electron chi connectivity index (χ1n) is 13.3. The van der Waals surface area contributed by atoms with Crippen molar-refractivity contribution in [3.8, 4) is 0 Å². The van der Waals surface area contributed by atoms with Gasteiger partial charge in [-0.25, -0.2) is 9.78 Å². The van der Waals surface area contributed by atoms with E-state index in [4.69, 9.17) is 21.5 Å². The maximum absolute atomic E-state index is 12.9. The van der Waals surface area contributed by atoms with Gasteiger partial charge in [0.05, 0.1) is 12.1 Å². The zero-order chi connectivity index (χ0) is 32.6. The molecule has 5 rings (SSSR count). The Kier molecular flexibility index (Phi) is 10.4. The molecule has 0 atom stereocenters. The smallest absolute Gasteiger partial charge is 0.475 e. The molecule has 4 N–H and O–H groups in total. The van der Waals surface area contributed by atoms with Crippen molar-refractivity contribution >= 4 is 51.8 Å². The van der Waals surface area contributed by atoms with E-state index in [1.54, 1.807) is 36.5 Å². The first kappa shape index (κ1) is 32.5. The minimum Gasteiger partial charge on any atom is -0.475 e. The van der Waals surface area contributed by atoms with Gasteiger partial charge in [-0.1, -0.05) is 48.0 Å². The molecule has 0 aliphatic heterocycles. The lowest BCUT2D eigenvalue weighted by molar-refractivity contribution is -0.192. The molecule has 0 bridgehead atoms. The normalized spacial score (nSPS) is 10.9. The zero-order valence-corrected chi connectivity index (χ0v) is 24.4. The summed E-state index contributed by atoms with van der Waals surface area (Å²) in [5, 5.41) is 17.8. The summed E-state index contributed by atoms with van der Waals surface area (Å²) in [6.07, 6.45) is -3.43. The van der Waals surface area contributed by atoms with Crippen LogP contribution in [0, 0.1) is 0 Å². The van der Waals surface area contributed by atoms with Gasteiger partial charge in [-0.05, 0) is 59.7 Å².